The van der Waals surface area contributed by atoms with Crippen molar-refractivity contribution in [2.45, 2.75) is 51.9 Å². The third kappa shape index (κ3) is 2.57. The highest BCUT2D eigenvalue weighted by Gasteiger charge is 2.07. The van der Waals surface area contributed by atoms with E-state index in [0.717, 1.165) is 6.42 Å². The first-order chi connectivity index (χ1) is 5.34. The average molecular weight is 153 g/mol. The van der Waals surface area contributed by atoms with E-state index in [-0.39, 0.29) is 0 Å². The molecule has 0 aromatic rings. The van der Waals surface area contributed by atoms with Crippen molar-refractivity contribution in [3.8, 4) is 0 Å². The fourth-order valence-corrected chi connectivity index (χ4v) is 1.75. The summed E-state index contributed by atoms with van der Waals surface area (Å²) in [4.78, 5) is 0. The minimum absolute atomic E-state index is 1.11. The van der Waals surface area contributed by atoms with Gasteiger partial charge >= 0.3 is 0 Å². The number of rotatable bonds is 2. The molecule has 1 aliphatic rings. The van der Waals surface area contributed by atoms with Gasteiger partial charge in [0, 0.05) is 5.70 Å². The number of allylic oxidation sites excluding steroid dienone is 2. The molecule has 1 aliphatic carbocycles. The van der Waals surface area contributed by atoms with Crippen LogP contribution in [0.1, 0.15) is 51.9 Å². The Hall–Kier alpha value is -0.460. The molecule has 0 aliphatic heterocycles. The van der Waals surface area contributed by atoms with Crippen molar-refractivity contribution in [3.63, 3.8) is 0 Å². The van der Waals surface area contributed by atoms with Crippen molar-refractivity contribution in [3.05, 3.63) is 11.3 Å². The van der Waals surface area contributed by atoms with Gasteiger partial charge in [-0.2, -0.15) is 0 Å². The lowest BCUT2D eigenvalue weighted by Crippen LogP contribution is -2.05. The van der Waals surface area contributed by atoms with Crippen molar-refractivity contribution in [2.24, 2.45) is 5.73 Å². The summed E-state index contributed by atoms with van der Waals surface area (Å²) in [5.41, 5.74) is 8.68. The van der Waals surface area contributed by atoms with Crippen LogP contribution in [0.4, 0.5) is 0 Å². The van der Waals surface area contributed by atoms with Crippen molar-refractivity contribution >= 4 is 0 Å². The Morgan fingerprint density at radius 1 is 1.27 bits per heavy atom. The summed E-state index contributed by atoms with van der Waals surface area (Å²) < 4.78 is 0. The number of hydrogen-bond donors (Lipinski definition) is 1. The summed E-state index contributed by atoms with van der Waals surface area (Å²) in [6, 6.07) is 0. The van der Waals surface area contributed by atoms with Gasteiger partial charge in [-0.3, -0.25) is 0 Å². The molecule has 1 fully saturated rings. The van der Waals surface area contributed by atoms with E-state index in [4.69, 9.17) is 5.73 Å². The van der Waals surface area contributed by atoms with Gasteiger partial charge in [0.15, 0.2) is 0 Å². The fourth-order valence-electron chi connectivity index (χ4n) is 1.75. The van der Waals surface area contributed by atoms with Crippen LogP contribution in [-0.2, 0) is 0 Å². The van der Waals surface area contributed by atoms with Gasteiger partial charge in [-0.25, -0.2) is 0 Å². The largest absolute Gasteiger partial charge is 0.402 e. The second-order valence-corrected chi connectivity index (χ2v) is 3.44. The van der Waals surface area contributed by atoms with E-state index >= 15 is 0 Å². The molecule has 64 valence electrons. The molecule has 11 heavy (non-hydrogen) atoms. The molecule has 0 radical (unpaired) electrons. The highest BCUT2D eigenvalue weighted by atomic mass is 14.6. The Kier molecular flexibility index (Phi) is 3.47. The van der Waals surface area contributed by atoms with E-state index in [1.165, 1.54) is 44.2 Å². The molecule has 1 heteroatoms. The van der Waals surface area contributed by atoms with Gasteiger partial charge in [0.1, 0.15) is 0 Å². The zero-order valence-corrected chi connectivity index (χ0v) is 7.53. The number of hydrogen-bond acceptors (Lipinski definition) is 1. The topological polar surface area (TPSA) is 26.0 Å². The van der Waals surface area contributed by atoms with Gasteiger partial charge in [-0.15, -0.1) is 0 Å². The second kappa shape index (κ2) is 4.42. The summed E-state index contributed by atoms with van der Waals surface area (Å²) in [6.45, 7) is 2.19. The van der Waals surface area contributed by atoms with Crippen molar-refractivity contribution in [1.82, 2.24) is 0 Å². The lowest BCUT2D eigenvalue weighted by molar-refractivity contribution is 0.587. The van der Waals surface area contributed by atoms with Crippen molar-refractivity contribution in [2.75, 3.05) is 0 Å². The third-order valence-corrected chi connectivity index (χ3v) is 2.43. The van der Waals surface area contributed by atoms with E-state index in [0.29, 0.717) is 0 Å². The van der Waals surface area contributed by atoms with Gasteiger partial charge < -0.3 is 5.73 Å². The molecule has 0 aromatic carbocycles. The molecular formula is C10H19N. The summed E-state index contributed by atoms with van der Waals surface area (Å²) in [7, 11) is 0. The van der Waals surface area contributed by atoms with E-state index in [1.807, 2.05) is 0 Å². The quantitative estimate of drug-likeness (QED) is 0.648. The van der Waals surface area contributed by atoms with Crippen LogP contribution in [0.2, 0.25) is 0 Å². The van der Waals surface area contributed by atoms with Crippen LogP contribution in [0.3, 0.4) is 0 Å². The predicted octanol–water partition coefficient (Wildman–Crippen LogP) is 2.96. The van der Waals surface area contributed by atoms with Crippen molar-refractivity contribution < 1.29 is 0 Å². The first-order valence-electron chi connectivity index (χ1n) is 4.81. The Morgan fingerprint density at radius 2 is 1.91 bits per heavy atom. The van der Waals surface area contributed by atoms with Crippen LogP contribution in [0.5, 0.6) is 0 Å². The van der Waals surface area contributed by atoms with Gasteiger partial charge in [0.25, 0.3) is 0 Å². The monoisotopic (exact) mass is 153 g/mol. The second-order valence-electron chi connectivity index (χ2n) is 3.44. The summed E-state index contributed by atoms with van der Waals surface area (Å²) in [5.74, 6) is 0. The highest BCUT2D eigenvalue weighted by Crippen LogP contribution is 2.25. The van der Waals surface area contributed by atoms with Gasteiger partial charge in [0.05, 0.1) is 0 Å². The maximum atomic E-state index is 5.94. The summed E-state index contributed by atoms with van der Waals surface area (Å²) in [6.07, 6.45) is 8.96. The Morgan fingerprint density at radius 3 is 2.45 bits per heavy atom. The van der Waals surface area contributed by atoms with Gasteiger partial charge in [-0.1, -0.05) is 25.3 Å². The van der Waals surface area contributed by atoms with Crippen molar-refractivity contribution in [1.29, 1.82) is 0 Å². The maximum absolute atomic E-state index is 5.94. The third-order valence-electron chi connectivity index (χ3n) is 2.43. The molecule has 0 amide bonds. The minimum Gasteiger partial charge on any atom is -0.402 e. The minimum atomic E-state index is 1.11. The first kappa shape index (κ1) is 8.63. The SMILES string of the molecule is CCCC(N)=C1CCCCC1. The van der Waals surface area contributed by atoms with E-state index < -0.39 is 0 Å². The molecule has 0 aromatic heterocycles. The highest BCUT2D eigenvalue weighted by molar-refractivity contribution is 5.12. The Labute approximate surface area is 69.7 Å². The molecule has 0 unspecified atom stereocenters. The zero-order chi connectivity index (χ0) is 8.10. The van der Waals surface area contributed by atoms with Crippen LogP contribution in [0.15, 0.2) is 11.3 Å². The molecule has 0 heterocycles. The van der Waals surface area contributed by atoms with Crippen LogP contribution in [-0.4, -0.2) is 0 Å². The first-order valence-corrected chi connectivity index (χ1v) is 4.81. The Balaban J connectivity index is 2.46. The van der Waals surface area contributed by atoms with Crippen LogP contribution >= 0.6 is 0 Å². The molecule has 0 spiro atoms. The zero-order valence-electron chi connectivity index (χ0n) is 7.53. The van der Waals surface area contributed by atoms with E-state index in [9.17, 15) is 0 Å². The summed E-state index contributed by atoms with van der Waals surface area (Å²) >= 11 is 0. The van der Waals surface area contributed by atoms with Crippen LogP contribution < -0.4 is 5.73 Å². The van der Waals surface area contributed by atoms with Gasteiger partial charge in [-0.05, 0) is 32.1 Å². The molecule has 0 atom stereocenters. The molecular weight excluding hydrogens is 134 g/mol. The molecule has 0 bridgehead atoms. The molecule has 1 nitrogen and oxygen atoms in total. The van der Waals surface area contributed by atoms with Gasteiger partial charge in [0.2, 0.25) is 0 Å². The molecule has 1 rings (SSSR count). The lowest BCUT2D eigenvalue weighted by Gasteiger charge is -2.16. The summed E-state index contributed by atoms with van der Waals surface area (Å²) in [5, 5.41) is 0. The lowest BCUT2D eigenvalue weighted by atomic mass is 9.92. The standard InChI is InChI=1S/C10H19N/c1-2-6-10(11)9-7-4-3-5-8-9/h2-8,11H2,1H3. The Bertz CT molecular complexity index is 139. The normalized spacial score (nSPS) is 18.5. The van der Waals surface area contributed by atoms with Crippen LogP contribution in [0, 0.1) is 0 Å². The van der Waals surface area contributed by atoms with Crippen LogP contribution in [0.25, 0.3) is 0 Å². The van der Waals surface area contributed by atoms with E-state index in [2.05, 4.69) is 6.92 Å². The number of nitrogens with two attached hydrogens (primary N) is 1. The average Bonchev–Trinajstić information content (AvgIpc) is 2.07. The molecule has 2 N–H and O–H groups in total. The van der Waals surface area contributed by atoms with E-state index in [1.54, 1.807) is 5.57 Å². The molecule has 0 saturated heterocycles. The fraction of sp³-hybridized carbons (Fsp3) is 0.800. The maximum Gasteiger partial charge on any atom is 0.00722 e. The predicted molar refractivity (Wildman–Crippen MR) is 49.2 cm³/mol. The smallest absolute Gasteiger partial charge is 0.00722 e. The molecule has 1 saturated carbocycles.